The molecule has 1 aromatic heterocycles. The highest BCUT2D eigenvalue weighted by Gasteiger charge is 2.23. The van der Waals surface area contributed by atoms with E-state index < -0.39 is 0 Å². The van der Waals surface area contributed by atoms with Crippen molar-refractivity contribution in [2.45, 2.75) is 19.6 Å². The summed E-state index contributed by atoms with van der Waals surface area (Å²) >= 11 is 0. The van der Waals surface area contributed by atoms with E-state index in [2.05, 4.69) is 27.2 Å². The maximum Gasteiger partial charge on any atom is 0.194 e. The third kappa shape index (κ3) is 5.75. The van der Waals surface area contributed by atoms with Crippen molar-refractivity contribution in [3.05, 3.63) is 42.3 Å². The van der Waals surface area contributed by atoms with Gasteiger partial charge in [0.25, 0.3) is 0 Å². The fourth-order valence-electron chi connectivity index (χ4n) is 3.43. The zero-order chi connectivity index (χ0) is 19.2. The van der Waals surface area contributed by atoms with Crippen LogP contribution in [-0.4, -0.2) is 72.9 Å². The highest BCUT2D eigenvalue weighted by atomic mass is 127. The molecule has 1 fully saturated rings. The van der Waals surface area contributed by atoms with Gasteiger partial charge in [-0.25, -0.2) is 4.99 Å². The van der Waals surface area contributed by atoms with Crippen LogP contribution in [0.15, 0.2) is 46.1 Å². The second kappa shape index (κ2) is 10.7. The second-order valence-corrected chi connectivity index (χ2v) is 6.95. The molecule has 2 aliphatic heterocycles. The van der Waals surface area contributed by atoms with E-state index in [1.54, 1.807) is 6.26 Å². The van der Waals surface area contributed by atoms with Crippen LogP contribution in [0.3, 0.4) is 0 Å². The molecule has 1 unspecified atom stereocenters. The lowest BCUT2D eigenvalue weighted by molar-refractivity contribution is 0.0966. The number of halogens is 1. The summed E-state index contributed by atoms with van der Waals surface area (Å²) in [6.07, 6.45) is 1.55. The first-order chi connectivity index (χ1) is 13.8. The van der Waals surface area contributed by atoms with Crippen molar-refractivity contribution in [1.29, 1.82) is 0 Å². The van der Waals surface area contributed by atoms with Crippen molar-refractivity contribution in [1.82, 2.24) is 20.3 Å². The Morgan fingerprint density at radius 3 is 2.69 bits per heavy atom. The van der Waals surface area contributed by atoms with Gasteiger partial charge in [0.2, 0.25) is 0 Å². The maximum absolute atomic E-state index is 6.02. The zero-order valence-corrected chi connectivity index (χ0v) is 19.0. The number of rotatable bonds is 5. The van der Waals surface area contributed by atoms with Crippen molar-refractivity contribution in [3.63, 3.8) is 0 Å². The van der Waals surface area contributed by atoms with E-state index in [1.807, 2.05) is 30.3 Å². The quantitative estimate of drug-likeness (QED) is 0.374. The molecule has 29 heavy (non-hydrogen) atoms. The number of guanidine groups is 1. The molecule has 0 bridgehead atoms. The van der Waals surface area contributed by atoms with Crippen LogP contribution in [0.25, 0.3) is 0 Å². The molecule has 1 aromatic carbocycles. The molecule has 1 saturated heterocycles. The van der Waals surface area contributed by atoms with E-state index in [9.17, 15) is 0 Å². The molecule has 0 aliphatic carbocycles. The van der Waals surface area contributed by atoms with Gasteiger partial charge in [-0.2, -0.15) is 0 Å². The Kier molecular flexibility index (Phi) is 7.99. The minimum atomic E-state index is -0.0722. The van der Waals surface area contributed by atoms with Gasteiger partial charge in [-0.3, -0.25) is 4.90 Å². The number of piperazine rings is 1. The van der Waals surface area contributed by atoms with Crippen molar-refractivity contribution < 1.29 is 14.0 Å². The molecule has 2 aromatic rings. The van der Waals surface area contributed by atoms with Crippen LogP contribution in [-0.2, 0) is 6.54 Å². The number of nitrogens with zero attached hydrogens (tertiary/aromatic N) is 4. The molecule has 1 N–H and O–H groups in total. The van der Waals surface area contributed by atoms with E-state index >= 15 is 0 Å². The molecule has 8 nitrogen and oxygen atoms in total. The molecule has 3 heterocycles. The lowest BCUT2D eigenvalue weighted by Gasteiger charge is -2.36. The molecule has 158 valence electrons. The van der Waals surface area contributed by atoms with Crippen LogP contribution in [0.2, 0.25) is 0 Å². The zero-order valence-electron chi connectivity index (χ0n) is 16.6. The third-order valence-corrected chi connectivity index (χ3v) is 4.90. The number of para-hydroxylation sites is 2. The minimum absolute atomic E-state index is 0. The summed E-state index contributed by atoms with van der Waals surface area (Å²) in [6.45, 7) is 8.62. The Hall–Kier alpha value is -2.01. The van der Waals surface area contributed by atoms with Crippen LogP contribution in [0.4, 0.5) is 0 Å². The smallest absolute Gasteiger partial charge is 0.194 e. The summed E-state index contributed by atoms with van der Waals surface area (Å²) in [5, 5.41) is 7.40. The number of hydrogen-bond donors (Lipinski definition) is 1. The summed E-state index contributed by atoms with van der Waals surface area (Å²) in [7, 11) is 0. The van der Waals surface area contributed by atoms with E-state index in [4.69, 9.17) is 19.0 Å². The largest absolute Gasteiger partial charge is 0.486 e. The van der Waals surface area contributed by atoms with E-state index in [0.717, 1.165) is 62.4 Å². The lowest BCUT2D eigenvalue weighted by Crippen LogP contribution is -2.52. The SMILES string of the molecule is CCNC(=NCC1COc2ccccc2O1)N1CCN(Cc2ccon2)CC1.I. The van der Waals surface area contributed by atoms with Crippen LogP contribution < -0.4 is 14.8 Å². The van der Waals surface area contributed by atoms with Crippen LogP contribution >= 0.6 is 24.0 Å². The number of aromatic nitrogens is 1. The molecule has 0 spiro atoms. The summed E-state index contributed by atoms with van der Waals surface area (Å²) in [5.41, 5.74) is 0.976. The van der Waals surface area contributed by atoms with E-state index in [0.29, 0.717) is 13.2 Å². The van der Waals surface area contributed by atoms with Gasteiger partial charge in [0.1, 0.15) is 12.9 Å². The lowest BCUT2D eigenvalue weighted by atomic mass is 10.2. The van der Waals surface area contributed by atoms with Crippen LogP contribution in [0.1, 0.15) is 12.6 Å². The molecule has 4 rings (SSSR count). The number of hydrogen-bond acceptors (Lipinski definition) is 6. The average Bonchev–Trinajstić information content (AvgIpc) is 3.25. The number of fused-ring (bicyclic) bond motifs is 1. The molecule has 1 atom stereocenters. The number of aliphatic imine (C=N–C) groups is 1. The highest BCUT2D eigenvalue weighted by molar-refractivity contribution is 14.0. The van der Waals surface area contributed by atoms with Gasteiger partial charge < -0.3 is 24.2 Å². The molecule has 0 radical (unpaired) electrons. The third-order valence-electron chi connectivity index (χ3n) is 4.90. The first-order valence-corrected chi connectivity index (χ1v) is 9.85. The minimum Gasteiger partial charge on any atom is -0.486 e. The standard InChI is InChI=1S/C20H27N5O3.HI/c1-2-21-20(22-13-17-15-26-18-5-3-4-6-19(18)28-17)25-10-8-24(9-11-25)14-16-7-12-27-23-16;/h3-7,12,17H,2,8-11,13-15H2,1H3,(H,21,22);1H. The van der Waals surface area contributed by atoms with Gasteiger partial charge in [0.05, 0.1) is 12.2 Å². The van der Waals surface area contributed by atoms with Crippen LogP contribution in [0, 0.1) is 0 Å². The van der Waals surface area contributed by atoms with Gasteiger partial charge in [-0.15, -0.1) is 24.0 Å². The monoisotopic (exact) mass is 513 g/mol. The summed E-state index contributed by atoms with van der Waals surface area (Å²) in [6, 6.07) is 9.69. The van der Waals surface area contributed by atoms with Gasteiger partial charge in [0.15, 0.2) is 23.6 Å². The highest BCUT2D eigenvalue weighted by Crippen LogP contribution is 2.30. The van der Waals surface area contributed by atoms with Gasteiger partial charge >= 0.3 is 0 Å². The Bertz CT molecular complexity index is 778. The summed E-state index contributed by atoms with van der Waals surface area (Å²) in [5.74, 6) is 2.53. The van der Waals surface area contributed by atoms with Crippen molar-refractivity contribution in [3.8, 4) is 11.5 Å². The van der Waals surface area contributed by atoms with Crippen molar-refractivity contribution >= 4 is 29.9 Å². The van der Waals surface area contributed by atoms with Crippen molar-refractivity contribution in [2.24, 2.45) is 4.99 Å². The first-order valence-electron chi connectivity index (χ1n) is 9.85. The van der Waals surface area contributed by atoms with E-state index in [1.165, 1.54) is 0 Å². The number of nitrogens with one attached hydrogen (secondary N) is 1. The maximum atomic E-state index is 6.02. The predicted octanol–water partition coefficient (Wildman–Crippen LogP) is 2.22. The van der Waals surface area contributed by atoms with Crippen LogP contribution in [0.5, 0.6) is 11.5 Å². The molecular formula is C20H28IN5O3. The van der Waals surface area contributed by atoms with Gasteiger partial charge in [-0.1, -0.05) is 17.3 Å². The molecular weight excluding hydrogens is 485 g/mol. The summed E-state index contributed by atoms with van der Waals surface area (Å²) in [4.78, 5) is 9.50. The summed E-state index contributed by atoms with van der Waals surface area (Å²) < 4.78 is 16.7. The van der Waals surface area contributed by atoms with E-state index in [-0.39, 0.29) is 30.1 Å². The molecule has 0 saturated carbocycles. The Morgan fingerprint density at radius 2 is 1.97 bits per heavy atom. The van der Waals surface area contributed by atoms with Gasteiger partial charge in [0, 0.05) is 45.3 Å². The molecule has 0 amide bonds. The Morgan fingerprint density at radius 1 is 1.17 bits per heavy atom. The van der Waals surface area contributed by atoms with Gasteiger partial charge in [-0.05, 0) is 19.1 Å². The topological polar surface area (TPSA) is 75.4 Å². The first kappa shape index (κ1) is 21.7. The second-order valence-electron chi connectivity index (χ2n) is 6.95. The Balaban J connectivity index is 0.00000240. The Labute approximate surface area is 188 Å². The fraction of sp³-hybridized carbons (Fsp3) is 0.500. The van der Waals surface area contributed by atoms with Crippen molar-refractivity contribution in [2.75, 3.05) is 45.9 Å². The number of ether oxygens (including phenoxy) is 2. The normalized spacial score (nSPS) is 19.6. The average molecular weight is 513 g/mol. The predicted molar refractivity (Wildman–Crippen MR) is 121 cm³/mol. The fourth-order valence-corrected chi connectivity index (χ4v) is 3.43. The molecule has 2 aliphatic rings. The number of benzene rings is 1. The molecule has 9 heteroatoms.